The minimum absolute atomic E-state index is 0.0953. The van der Waals surface area contributed by atoms with Gasteiger partial charge in [0, 0.05) is 17.3 Å². The maximum atomic E-state index is 5.91. The standard InChI is InChI=1S/C14H18N2S/c1-10(15)14-11(2)16-13(17-14)9-8-12-6-4-3-5-7-12/h3-7,10H,8-9,15H2,1-2H3. The second kappa shape index (κ2) is 5.43. The molecule has 1 heterocycles. The largest absolute Gasteiger partial charge is 0.323 e. The molecule has 0 radical (unpaired) electrons. The summed E-state index contributed by atoms with van der Waals surface area (Å²) in [4.78, 5) is 5.80. The molecule has 3 heteroatoms. The van der Waals surface area contributed by atoms with E-state index < -0.39 is 0 Å². The van der Waals surface area contributed by atoms with Crippen molar-refractivity contribution in [3.8, 4) is 0 Å². The molecule has 17 heavy (non-hydrogen) atoms. The summed E-state index contributed by atoms with van der Waals surface area (Å²) in [6.07, 6.45) is 2.05. The highest BCUT2D eigenvalue weighted by Crippen LogP contribution is 2.24. The van der Waals surface area contributed by atoms with Gasteiger partial charge in [-0.25, -0.2) is 4.98 Å². The van der Waals surface area contributed by atoms with Crippen LogP contribution in [0.1, 0.15) is 34.1 Å². The molecule has 0 fully saturated rings. The van der Waals surface area contributed by atoms with Gasteiger partial charge in [0.15, 0.2) is 0 Å². The maximum Gasteiger partial charge on any atom is 0.0934 e. The summed E-state index contributed by atoms with van der Waals surface area (Å²) in [5.74, 6) is 0. The first kappa shape index (κ1) is 12.3. The predicted octanol–water partition coefficient (Wildman–Crippen LogP) is 3.26. The van der Waals surface area contributed by atoms with Crippen molar-refractivity contribution in [1.82, 2.24) is 4.98 Å². The molecule has 1 aromatic carbocycles. The van der Waals surface area contributed by atoms with E-state index in [9.17, 15) is 0 Å². The maximum absolute atomic E-state index is 5.91. The van der Waals surface area contributed by atoms with Crippen LogP contribution in [-0.4, -0.2) is 4.98 Å². The molecular weight excluding hydrogens is 228 g/mol. The predicted molar refractivity (Wildman–Crippen MR) is 73.3 cm³/mol. The van der Waals surface area contributed by atoms with Crippen molar-refractivity contribution in [3.63, 3.8) is 0 Å². The zero-order chi connectivity index (χ0) is 12.3. The number of nitrogens with two attached hydrogens (primary N) is 1. The molecule has 0 aliphatic carbocycles. The first-order valence-corrected chi connectivity index (χ1v) is 6.74. The zero-order valence-corrected chi connectivity index (χ0v) is 11.1. The zero-order valence-electron chi connectivity index (χ0n) is 10.3. The van der Waals surface area contributed by atoms with Gasteiger partial charge in [-0.1, -0.05) is 30.3 Å². The molecule has 0 saturated heterocycles. The van der Waals surface area contributed by atoms with Crippen molar-refractivity contribution < 1.29 is 0 Å². The number of benzene rings is 1. The minimum Gasteiger partial charge on any atom is -0.323 e. The van der Waals surface area contributed by atoms with Crippen LogP contribution in [0.25, 0.3) is 0 Å². The molecule has 0 bridgehead atoms. The Hall–Kier alpha value is -1.19. The van der Waals surface area contributed by atoms with Crippen LogP contribution in [0.15, 0.2) is 30.3 Å². The number of thiazole rings is 1. The summed E-state index contributed by atoms with van der Waals surface area (Å²) in [5.41, 5.74) is 8.36. The van der Waals surface area contributed by atoms with Crippen LogP contribution in [0.3, 0.4) is 0 Å². The number of hydrogen-bond donors (Lipinski definition) is 1. The summed E-state index contributed by atoms with van der Waals surface area (Å²) in [5, 5.41) is 1.19. The minimum atomic E-state index is 0.0953. The van der Waals surface area contributed by atoms with Gasteiger partial charge in [0.2, 0.25) is 0 Å². The van der Waals surface area contributed by atoms with E-state index in [0.717, 1.165) is 18.5 Å². The third-order valence-corrected chi connectivity index (χ3v) is 4.18. The first-order valence-electron chi connectivity index (χ1n) is 5.92. The molecule has 2 rings (SSSR count). The fourth-order valence-corrected chi connectivity index (χ4v) is 2.91. The summed E-state index contributed by atoms with van der Waals surface area (Å²) in [6.45, 7) is 4.06. The second-order valence-corrected chi connectivity index (χ2v) is 5.45. The van der Waals surface area contributed by atoms with Crippen LogP contribution in [-0.2, 0) is 12.8 Å². The van der Waals surface area contributed by atoms with E-state index in [-0.39, 0.29) is 6.04 Å². The second-order valence-electron chi connectivity index (χ2n) is 4.33. The Labute approximate surface area is 107 Å². The topological polar surface area (TPSA) is 38.9 Å². The van der Waals surface area contributed by atoms with Gasteiger partial charge in [0.25, 0.3) is 0 Å². The van der Waals surface area contributed by atoms with Gasteiger partial charge in [0.1, 0.15) is 0 Å². The molecule has 1 atom stereocenters. The van der Waals surface area contributed by atoms with E-state index in [1.165, 1.54) is 15.4 Å². The summed E-state index contributed by atoms with van der Waals surface area (Å²) in [6, 6.07) is 10.6. The monoisotopic (exact) mass is 246 g/mol. The van der Waals surface area contributed by atoms with Crippen LogP contribution in [0.5, 0.6) is 0 Å². The fourth-order valence-electron chi connectivity index (χ4n) is 1.89. The van der Waals surface area contributed by atoms with Crippen molar-refractivity contribution >= 4 is 11.3 Å². The van der Waals surface area contributed by atoms with Crippen molar-refractivity contribution in [3.05, 3.63) is 51.5 Å². The Bertz CT molecular complexity index is 474. The Morgan fingerprint density at radius 3 is 2.53 bits per heavy atom. The van der Waals surface area contributed by atoms with Gasteiger partial charge >= 0.3 is 0 Å². The van der Waals surface area contributed by atoms with Gasteiger partial charge in [-0.05, 0) is 25.8 Å². The van der Waals surface area contributed by atoms with Crippen LogP contribution in [0.2, 0.25) is 0 Å². The summed E-state index contributed by atoms with van der Waals surface area (Å²) < 4.78 is 0. The fraction of sp³-hybridized carbons (Fsp3) is 0.357. The van der Waals surface area contributed by atoms with E-state index in [2.05, 4.69) is 29.2 Å². The lowest BCUT2D eigenvalue weighted by atomic mass is 10.1. The van der Waals surface area contributed by atoms with Crippen molar-refractivity contribution in [1.29, 1.82) is 0 Å². The highest BCUT2D eigenvalue weighted by molar-refractivity contribution is 7.11. The molecular formula is C14H18N2S. The van der Waals surface area contributed by atoms with Gasteiger partial charge in [-0.15, -0.1) is 11.3 Å². The van der Waals surface area contributed by atoms with Crippen LogP contribution < -0.4 is 5.73 Å². The lowest BCUT2D eigenvalue weighted by Gasteiger charge is -2.00. The number of hydrogen-bond acceptors (Lipinski definition) is 3. The van der Waals surface area contributed by atoms with Gasteiger partial charge in [-0.3, -0.25) is 0 Å². The highest BCUT2D eigenvalue weighted by Gasteiger charge is 2.10. The van der Waals surface area contributed by atoms with Gasteiger partial charge in [0.05, 0.1) is 10.7 Å². The molecule has 0 spiro atoms. The highest BCUT2D eigenvalue weighted by atomic mass is 32.1. The Kier molecular flexibility index (Phi) is 3.92. The van der Waals surface area contributed by atoms with Crippen molar-refractivity contribution in [2.45, 2.75) is 32.7 Å². The Morgan fingerprint density at radius 2 is 1.94 bits per heavy atom. The smallest absolute Gasteiger partial charge is 0.0934 e. The Morgan fingerprint density at radius 1 is 1.24 bits per heavy atom. The number of nitrogens with zero attached hydrogens (tertiary/aromatic N) is 1. The molecule has 0 saturated carbocycles. The number of aromatic nitrogens is 1. The van der Waals surface area contributed by atoms with E-state index in [1.54, 1.807) is 11.3 Å². The SMILES string of the molecule is Cc1nc(CCc2ccccc2)sc1C(C)N. The first-order chi connectivity index (χ1) is 8.16. The van der Waals surface area contributed by atoms with E-state index in [1.807, 2.05) is 19.9 Å². The molecule has 0 aliphatic rings. The molecule has 0 amide bonds. The third-order valence-electron chi connectivity index (χ3n) is 2.76. The quantitative estimate of drug-likeness (QED) is 0.899. The molecule has 0 aliphatic heterocycles. The average molecular weight is 246 g/mol. The molecule has 2 aromatic rings. The number of rotatable bonds is 4. The lowest BCUT2D eigenvalue weighted by Crippen LogP contribution is -2.03. The van der Waals surface area contributed by atoms with E-state index >= 15 is 0 Å². The Balaban J connectivity index is 2.02. The summed E-state index contributed by atoms with van der Waals surface area (Å²) in [7, 11) is 0. The van der Waals surface area contributed by atoms with E-state index in [0.29, 0.717) is 0 Å². The number of aryl methyl sites for hydroxylation is 3. The van der Waals surface area contributed by atoms with Crippen molar-refractivity contribution in [2.24, 2.45) is 5.73 Å². The molecule has 90 valence electrons. The molecule has 2 nitrogen and oxygen atoms in total. The van der Waals surface area contributed by atoms with E-state index in [4.69, 9.17) is 5.73 Å². The molecule has 1 aromatic heterocycles. The molecule has 1 unspecified atom stereocenters. The molecule has 2 N–H and O–H groups in total. The third kappa shape index (κ3) is 3.14. The van der Waals surface area contributed by atoms with Crippen LogP contribution in [0, 0.1) is 6.92 Å². The van der Waals surface area contributed by atoms with Crippen LogP contribution in [0.4, 0.5) is 0 Å². The lowest BCUT2D eigenvalue weighted by molar-refractivity contribution is 0.824. The van der Waals surface area contributed by atoms with Gasteiger partial charge < -0.3 is 5.73 Å². The normalized spacial score (nSPS) is 12.6. The van der Waals surface area contributed by atoms with Crippen molar-refractivity contribution in [2.75, 3.05) is 0 Å². The summed E-state index contributed by atoms with van der Waals surface area (Å²) >= 11 is 1.75. The van der Waals surface area contributed by atoms with Crippen LogP contribution >= 0.6 is 11.3 Å². The average Bonchev–Trinajstić information content (AvgIpc) is 2.69. The van der Waals surface area contributed by atoms with Gasteiger partial charge in [-0.2, -0.15) is 0 Å².